The second kappa shape index (κ2) is 7.05. The molecule has 2 aliphatic heterocycles. The summed E-state index contributed by atoms with van der Waals surface area (Å²) >= 11 is 0. The minimum Gasteiger partial charge on any atom is -0.355 e. The molecule has 2 aliphatic rings. The van der Waals surface area contributed by atoms with Crippen LogP contribution < -0.4 is 9.80 Å². The third-order valence-corrected chi connectivity index (χ3v) is 4.82. The van der Waals surface area contributed by atoms with Gasteiger partial charge in [-0.15, -0.1) is 5.10 Å². The zero-order chi connectivity index (χ0) is 14.5. The van der Waals surface area contributed by atoms with Gasteiger partial charge < -0.3 is 9.80 Å². The number of hydrogen-bond acceptors (Lipinski definition) is 5. The highest BCUT2D eigenvalue weighted by molar-refractivity contribution is 5.42. The molecule has 0 aromatic carbocycles. The molecule has 1 aromatic heterocycles. The fourth-order valence-electron chi connectivity index (χ4n) is 3.55. The first-order valence-electron chi connectivity index (χ1n) is 8.60. The maximum absolute atomic E-state index is 4.84. The van der Waals surface area contributed by atoms with Crippen LogP contribution in [0.3, 0.4) is 0 Å². The lowest BCUT2D eigenvalue weighted by molar-refractivity contribution is 0.441. The van der Waals surface area contributed by atoms with Crippen LogP contribution in [0, 0.1) is 0 Å². The standard InChI is InChI=1S/C16H27N5/c1-2-14-9-5-8-12-21(14)16-18-15(13-17-19-16)20-10-6-3-4-7-11-20/h13-14H,2-12H2,1H3. The Balaban J connectivity index is 1.78. The topological polar surface area (TPSA) is 45.2 Å². The van der Waals surface area contributed by atoms with Gasteiger partial charge >= 0.3 is 0 Å². The van der Waals surface area contributed by atoms with Gasteiger partial charge in [-0.2, -0.15) is 10.1 Å². The van der Waals surface area contributed by atoms with Gasteiger partial charge in [0.15, 0.2) is 5.82 Å². The van der Waals surface area contributed by atoms with Crippen LogP contribution >= 0.6 is 0 Å². The molecule has 1 atom stereocenters. The first-order valence-corrected chi connectivity index (χ1v) is 8.60. The Kier molecular flexibility index (Phi) is 4.88. The molecule has 0 aliphatic carbocycles. The van der Waals surface area contributed by atoms with Gasteiger partial charge in [0.1, 0.15) is 0 Å². The smallest absolute Gasteiger partial charge is 0.247 e. The summed E-state index contributed by atoms with van der Waals surface area (Å²) in [5.41, 5.74) is 0. The van der Waals surface area contributed by atoms with E-state index >= 15 is 0 Å². The lowest BCUT2D eigenvalue weighted by Gasteiger charge is -2.35. The summed E-state index contributed by atoms with van der Waals surface area (Å²) in [6.45, 7) is 5.55. The molecule has 21 heavy (non-hydrogen) atoms. The summed E-state index contributed by atoms with van der Waals surface area (Å²) in [6.07, 6.45) is 12.0. The van der Waals surface area contributed by atoms with Gasteiger partial charge in [0.2, 0.25) is 5.95 Å². The Morgan fingerprint density at radius 2 is 1.81 bits per heavy atom. The normalized spacial score (nSPS) is 24.0. The van der Waals surface area contributed by atoms with Gasteiger partial charge in [-0.3, -0.25) is 0 Å². The van der Waals surface area contributed by atoms with Crippen molar-refractivity contribution in [1.82, 2.24) is 15.2 Å². The van der Waals surface area contributed by atoms with Crippen LogP contribution in [0.5, 0.6) is 0 Å². The van der Waals surface area contributed by atoms with Crippen LogP contribution in [0.25, 0.3) is 0 Å². The van der Waals surface area contributed by atoms with E-state index in [9.17, 15) is 0 Å². The maximum atomic E-state index is 4.84. The van der Waals surface area contributed by atoms with Crippen molar-refractivity contribution < 1.29 is 0 Å². The summed E-state index contributed by atoms with van der Waals surface area (Å²) in [5.74, 6) is 1.85. The van der Waals surface area contributed by atoms with Crippen molar-refractivity contribution in [3.63, 3.8) is 0 Å². The van der Waals surface area contributed by atoms with Crippen LogP contribution in [0.1, 0.15) is 58.3 Å². The van der Waals surface area contributed by atoms with Crippen LogP contribution in [-0.4, -0.2) is 40.9 Å². The van der Waals surface area contributed by atoms with Gasteiger partial charge in [0, 0.05) is 25.7 Å². The Bertz CT molecular complexity index is 442. The molecule has 0 saturated carbocycles. The third-order valence-electron chi connectivity index (χ3n) is 4.82. The minimum absolute atomic E-state index is 0.583. The van der Waals surface area contributed by atoms with E-state index < -0.39 is 0 Å². The molecule has 1 aromatic rings. The molecule has 0 N–H and O–H groups in total. The van der Waals surface area contributed by atoms with Crippen molar-refractivity contribution in [1.29, 1.82) is 0 Å². The fourth-order valence-corrected chi connectivity index (χ4v) is 3.55. The Labute approximate surface area is 127 Å². The average Bonchev–Trinajstić information content (AvgIpc) is 2.84. The van der Waals surface area contributed by atoms with Crippen molar-refractivity contribution in [2.75, 3.05) is 29.4 Å². The molecule has 5 heteroatoms. The van der Waals surface area contributed by atoms with Crippen LogP contribution in [-0.2, 0) is 0 Å². The summed E-state index contributed by atoms with van der Waals surface area (Å²) in [4.78, 5) is 9.60. The molecule has 0 amide bonds. The monoisotopic (exact) mass is 289 g/mol. The molecule has 5 nitrogen and oxygen atoms in total. The zero-order valence-corrected chi connectivity index (χ0v) is 13.2. The molecule has 2 saturated heterocycles. The first kappa shape index (κ1) is 14.5. The third kappa shape index (κ3) is 3.44. The molecule has 1 unspecified atom stereocenters. The molecule has 2 fully saturated rings. The van der Waals surface area contributed by atoms with Crippen molar-refractivity contribution in [3.8, 4) is 0 Å². The van der Waals surface area contributed by atoms with Crippen LogP contribution in [0.4, 0.5) is 11.8 Å². The predicted octanol–water partition coefficient (Wildman–Crippen LogP) is 3.02. The second-order valence-electron chi connectivity index (χ2n) is 6.27. The highest BCUT2D eigenvalue weighted by Crippen LogP contribution is 2.25. The van der Waals surface area contributed by atoms with E-state index in [0.29, 0.717) is 6.04 Å². The highest BCUT2D eigenvalue weighted by atomic mass is 15.4. The fraction of sp³-hybridized carbons (Fsp3) is 0.812. The van der Waals surface area contributed by atoms with Crippen LogP contribution in [0.15, 0.2) is 6.20 Å². The molecule has 0 bridgehead atoms. The summed E-state index contributed by atoms with van der Waals surface area (Å²) in [7, 11) is 0. The van der Waals surface area contributed by atoms with Crippen LogP contribution in [0.2, 0.25) is 0 Å². The number of hydrogen-bond donors (Lipinski definition) is 0. The van der Waals surface area contributed by atoms with Crippen molar-refractivity contribution in [3.05, 3.63) is 6.20 Å². The number of nitrogens with zero attached hydrogens (tertiary/aromatic N) is 5. The predicted molar refractivity (Wildman–Crippen MR) is 85.8 cm³/mol. The summed E-state index contributed by atoms with van der Waals surface area (Å²) in [5, 5.41) is 8.56. The van der Waals surface area contributed by atoms with E-state index in [1.807, 2.05) is 6.20 Å². The lowest BCUT2D eigenvalue weighted by Crippen LogP contribution is -2.40. The lowest BCUT2D eigenvalue weighted by atomic mass is 10.0. The summed E-state index contributed by atoms with van der Waals surface area (Å²) in [6, 6.07) is 0.583. The second-order valence-corrected chi connectivity index (χ2v) is 6.27. The van der Waals surface area contributed by atoms with Crippen molar-refractivity contribution >= 4 is 11.8 Å². The van der Waals surface area contributed by atoms with Gasteiger partial charge in [-0.25, -0.2) is 0 Å². The van der Waals surface area contributed by atoms with Gasteiger partial charge in [0.25, 0.3) is 0 Å². The number of anilines is 2. The molecule has 3 heterocycles. The molecule has 0 radical (unpaired) electrons. The molecule has 116 valence electrons. The first-order chi connectivity index (χ1) is 10.4. The van der Waals surface area contributed by atoms with E-state index in [1.165, 1.54) is 44.9 Å². The van der Waals surface area contributed by atoms with Crippen molar-refractivity contribution in [2.45, 2.75) is 64.3 Å². The SMILES string of the molecule is CCC1CCCCN1c1nncc(N2CCCCCC2)n1. The number of rotatable bonds is 3. The Morgan fingerprint density at radius 1 is 1.05 bits per heavy atom. The molecular formula is C16H27N5. The van der Waals surface area contributed by atoms with E-state index in [-0.39, 0.29) is 0 Å². The highest BCUT2D eigenvalue weighted by Gasteiger charge is 2.24. The molecule has 0 spiro atoms. The zero-order valence-electron chi connectivity index (χ0n) is 13.2. The van der Waals surface area contributed by atoms with Crippen molar-refractivity contribution in [2.24, 2.45) is 0 Å². The number of aromatic nitrogens is 3. The Morgan fingerprint density at radius 3 is 2.57 bits per heavy atom. The molecule has 3 rings (SSSR count). The molecular weight excluding hydrogens is 262 g/mol. The maximum Gasteiger partial charge on any atom is 0.247 e. The summed E-state index contributed by atoms with van der Waals surface area (Å²) < 4.78 is 0. The largest absolute Gasteiger partial charge is 0.355 e. The van der Waals surface area contributed by atoms with Gasteiger partial charge in [-0.05, 0) is 38.5 Å². The van der Waals surface area contributed by atoms with E-state index in [1.54, 1.807) is 0 Å². The minimum atomic E-state index is 0.583. The quantitative estimate of drug-likeness (QED) is 0.856. The van der Waals surface area contributed by atoms with Gasteiger partial charge in [0.05, 0.1) is 6.20 Å². The average molecular weight is 289 g/mol. The number of piperidine rings is 1. The van der Waals surface area contributed by atoms with E-state index in [2.05, 4.69) is 26.9 Å². The Hall–Kier alpha value is -1.39. The van der Waals surface area contributed by atoms with Gasteiger partial charge in [-0.1, -0.05) is 19.8 Å². The van der Waals surface area contributed by atoms with E-state index in [0.717, 1.165) is 37.8 Å². The van der Waals surface area contributed by atoms with E-state index in [4.69, 9.17) is 4.98 Å².